The number of amidine groups is 1. The fourth-order valence-corrected chi connectivity index (χ4v) is 3.04. The molecule has 29 heavy (non-hydrogen) atoms. The SMILES string of the molecule is C=CS/C(N)=N\CC(=O)N1CC(OC2=C(\C(=O)O)COB(O)CCC(C)/C=C\2)C1. The second-order valence-corrected chi connectivity index (χ2v) is 7.79. The number of carbonyl (C=O) groups excluding carboxylic acids is 1. The molecule has 0 saturated carbocycles. The number of nitrogens with zero attached hydrogens (tertiary/aromatic N) is 2. The molecule has 2 aliphatic heterocycles. The highest BCUT2D eigenvalue weighted by atomic mass is 32.2. The Kier molecular flexibility index (Phi) is 8.81. The monoisotopic (exact) mass is 423 g/mol. The third-order valence-corrected chi connectivity index (χ3v) is 5.03. The number of likely N-dealkylation sites (tertiary alicyclic amines) is 1. The quantitative estimate of drug-likeness (QED) is 0.325. The van der Waals surface area contributed by atoms with Gasteiger partial charge in [-0.25, -0.2) is 4.79 Å². The molecule has 1 amide bonds. The lowest BCUT2D eigenvalue weighted by molar-refractivity contribution is -0.141. The van der Waals surface area contributed by atoms with Crippen LogP contribution in [0.15, 0.2) is 40.5 Å². The molecule has 2 heterocycles. The van der Waals surface area contributed by atoms with E-state index in [0.29, 0.717) is 25.8 Å². The number of hydrogen-bond donors (Lipinski definition) is 3. The summed E-state index contributed by atoms with van der Waals surface area (Å²) in [5.41, 5.74) is 5.54. The molecule has 1 saturated heterocycles. The van der Waals surface area contributed by atoms with Crippen molar-refractivity contribution in [3.05, 3.63) is 35.5 Å². The number of carbonyl (C=O) groups is 2. The average Bonchev–Trinajstić information content (AvgIpc) is 2.63. The van der Waals surface area contributed by atoms with Gasteiger partial charge in [-0.3, -0.25) is 9.79 Å². The van der Waals surface area contributed by atoms with Crippen molar-refractivity contribution in [1.29, 1.82) is 0 Å². The Morgan fingerprint density at radius 2 is 2.28 bits per heavy atom. The van der Waals surface area contributed by atoms with E-state index in [4.69, 9.17) is 15.1 Å². The Morgan fingerprint density at radius 3 is 2.93 bits per heavy atom. The van der Waals surface area contributed by atoms with Crippen molar-refractivity contribution >= 4 is 35.9 Å². The minimum Gasteiger partial charge on any atom is -0.486 e. The first-order valence-corrected chi connectivity index (χ1v) is 10.1. The average molecular weight is 423 g/mol. The maximum Gasteiger partial charge on any atom is 0.454 e. The molecule has 0 spiro atoms. The van der Waals surface area contributed by atoms with Crippen molar-refractivity contribution in [2.24, 2.45) is 16.6 Å². The summed E-state index contributed by atoms with van der Waals surface area (Å²) in [7, 11) is -1.02. The zero-order valence-electron chi connectivity index (χ0n) is 16.3. The summed E-state index contributed by atoms with van der Waals surface area (Å²) in [6.45, 7) is 5.80. The van der Waals surface area contributed by atoms with Crippen LogP contribution in [-0.2, 0) is 19.0 Å². The first-order valence-electron chi connectivity index (χ1n) is 9.26. The van der Waals surface area contributed by atoms with Gasteiger partial charge in [0.25, 0.3) is 0 Å². The van der Waals surface area contributed by atoms with Crippen LogP contribution in [0.25, 0.3) is 0 Å². The van der Waals surface area contributed by atoms with E-state index in [2.05, 4.69) is 11.6 Å². The zero-order chi connectivity index (χ0) is 21.4. The lowest BCUT2D eigenvalue weighted by Crippen LogP contribution is -2.55. The molecule has 0 aliphatic carbocycles. The number of thioether (sulfide) groups is 1. The number of amides is 1. The van der Waals surface area contributed by atoms with E-state index < -0.39 is 13.1 Å². The van der Waals surface area contributed by atoms with Gasteiger partial charge in [0, 0.05) is 0 Å². The molecule has 1 atom stereocenters. The van der Waals surface area contributed by atoms with Gasteiger partial charge < -0.3 is 30.2 Å². The molecule has 0 radical (unpaired) electrons. The third-order valence-electron chi connectivity index (χ3n) is 4.49. The number of nitrogens with two attached hydrogens (primary N) is 1. The maximum atomic E-state index is 12.1. The second-order valence-electron chi connectivity index (χ2n) is 6.80. The standard InChI is InChI=1S/C18H26BN3O6S/c1-3-29-18(20)21-8-16(23)22-9-13(10-22)28-15-5-4-12(2)6-7-19(26)27-11-14(15)17(24)25/h3-5,12-13,26H,1,6-11H2,2H3,(H2,20,21)(H,24,25)/b5-4-,15-14-. The summed E-state index contributed by atoms with van der Waals surface area (Å²) in [6.07, 6.45) is 4.28. The first-order chi connectivity index (χ1) is 13.8. The van der Waals surface area contributed by atoms with Crippen LogP contribution in [0.3, 0.4) is 0 Å². The highest BCUT2D eigenvalue weighted by Gasteiger charge is 2.33. The van der Waals surface area contributed by atoms with E-state index in [1.165, 1.54) is 5.41 Å². The lowest BCUT2D eigenvalue weighted by atomic mass is 9.80. The van der Waals surface area contributed by atoms with Gasteiger partial charge in [0.1, 0.15) is 24.0 Å². The maximum absolute atomic E-state index is 12.1. The lowest BCUT2D eigenvalue weighted by Gasteiger charge is -2.39. The summed E-state index contributed by atoms with van der Waals surface area (Å²) in [5.74, 6) is -1.07. The van der Waals surface area contributed by atoms with Crippen LogP contribution < -0.4 is 5.73 Å². The Balaban J connectivity index is 2.00. The van der Waals surface area contributed by atoms with E-state index in [1.54, 1.807) is 11.0 Å². The summed E-state index contributed by atoms with van der Waals surface area (Å²) in [5, 5.41) is 21.1. The number of ether oxygens (including phenoxy) is 1. The molecular formula is C18H26BN3O6S. The number of carboxylic acid groups (broad SMARTS) is 1. The zero-order valence-corrected chi connectivity index (χ0v) is 17.1. The summed E-state index contributed by atoms with van der Waals surface area (Å²) >= 11 is 1.14. The van der Waals surface area contributed by atoms with Crippen LogP contribution in [0.1, 0.15) is 13.3 Å². The molecule has 2 rings (SSSR count). The van der Waals surface area contributed by atoms with Crippen LogP contribution >= 0.6 is 11.8 Å². The number of aliphatic imine (C=N–C) groups is 1. The highest BCUT2D eigenvalue weighted by molar-refractivity contribution is 8.16. The number of hydrogen-bond acceptors (Lipinski definition) is 7. The predicted octanol–water partition coefficient (Wildman–Crippen LogP) is 0.837. The third kappa shape index (κ3) is 7.26. The van der Waals surface area contributed by atoms with Crippen molar-refractivity contribution in [2.45, 2.75) is 25.8 Å². The Bertz CT molecular complexity index is 720. The molecule has 11 heteroatoms. The summed E-state index contributed by atoms with van der Waals surface area (Å²) < 4.78 is 11.1. The smallest absolute Gasteiger partial charge is 0.454 e. The molecular weight excluding hydrogens is 397 g/mol. The summed E-state index contributed by atoms with van der Waals surface area (Å²) in [6, 6.07) is 0. The van der Waals surface area contributed by atoms with Crippen molar-refractivity contribution in [1.82, 2.24) is 4.90 Å². The van der Waals surface area contributed by atoms with Crippen LogP contribution in [0.2, 0.25) is 6.32 Å². The molecule has 2 aliphatic rings. The normalized spacial score (nSPS) is 25.2. The van der Waals surface area contributed by atoms with Crippen LogP contribution in [-0.4, -0.2) is 71.5 Å². The fourth-order valence-electron chi connectivity index (χ4n) is 2.73. The van der Waals surface area contributed by atoms with E-state index >= 15 is 0 Å². The van der Waals surface area contributed by atoms with Crippen LogP contribution in [0.5, 0.6) is 0 Å². The largest absolute Gasteiger partial charge is 0.486 e. The van der Waals surface area contributed by atoms with Gasteiger partial charge in [0.2, 0.25) is 5.91 Å². The first kappa shape index (κ1) is 23.0. The van der Waals surface area contributed by atoms with Gasteiger partial charge in [-0.1, -0.05) is 31.3 Å². The molecule has 4 N–H and O–H groups in total. The van der Waals surface area contributed by atoms with E-state index in [9.17, 15) is 19.7 Å². The van der Waals surface area contributed by atoms with Gasteiger partial charge in [0.05, 0.1) is 19.7 Å². The van der Waals surface area contributed by atoms with Crippen molar-refractivity contribution < 1.29 is 29.1 Å². The topological polar surface area (TPSA) is 135 Å². The van der Waals surface area contributed by atoms with Gasteiger partial charge in [-0.05, 0) is 30.1 Å². The van der Waals surface area contributed by atoms with E-state index in [0.717, 1.165) is 11.8 Å². The molecule has 9 nitrogen and oxygen atoms in total. The molecule has 0 aromatic carbocycles. The Hall–Kier alpha value is -2.24. The fraction of sp³-hybridized carbons (Fsp3) is 0.500. The van der Waals surface area contributed by atoms with Crippen molar-refractivity contribution in [3.63, 3.8) is 0 Å². The Morgan fingerprint density at radius 1 is 1.55 bits per heavy atom. The van der Waals surface area contributed by atoms with Crippen LogP contribution in [0, 0.1) is 5.92 Å². The molecule has 1 fully saturated rings. The number of carboxylic acids is 1. The molecule has 0 bridgehead atoms. The minimum absolute atomic E-state index is 0.0639. The van der Waals surface area contributed by atoms with Crippen molar-refractivity contribution in [2.75, 3.05) is 26.2 Å². The van der Waals surface area contributed by atoms with Gasteiger partial charge in [-0.15, -0.1) is 0 Å². The molecule has 0 aromatic heterocycles. The number of rotatable bonds is 6. The van der Waals surface area contributed by atoms with Crippen molar-refractivity contribution in [3.8, 4) is 0 Å². The molecule has 1 unspecified atom stereocenters. The Labute approximate surface area is 174 Å². The second kappa shape index (κ2) is 11.1. The highest BCUT2D eigenvalue weighted by Crippen LogP contribution is 2.22. The van der Waals surface area contributed by atoms with Gasteiger partial charge in [-0.2, -0.15) is 0 Å². The van der Waals surface area contributed by atoms with Gasteiger partial charge >= 0.3 is 13.1 Å². The number of allylic oxidation sites excluding steroid dienone is 2. The van der Waals surface area contributed by atoms with Crippen LogP contribution in [0.4, 0.5) is 0 Å². The molecule has 0 aromatic rings. The van der Waals surface area contributed by atoms with Gasteiger partial charge in [0.15, 0.2) is 5.17 Å². The minimum atomic E-state index is -1.18. The number of aliphatic carboxylic acids is 1. The predicted molar refractivity (Wildman–Crippen MR) is 112 cm³/mol. The van der Waals surface area contributed by atoms with E-state index in [1.807, 2.05) is 13.0 Å². The summed E-state index contributed by atoms with van der Waals surface area (Å²) in [4.78, 5) is 29.3. The van der Waals surface area contributed by atoms with E-state index in [-0.39, 0.29) is 47.6 Å². The molecule has 158 valence electrons.